The van der Waals surface area contributed by atoms with Gasteiger partial charge in [-0.15, -0.1) is 5.92 Å². The molecule has 0 bridgehead atoms. The van der Waals surface area contributed by atoms with Gasteiger partial charge in [0, 0.05) is 6.42 Å². The lowest BCUT2D eigenvalue weighted by Gasteiger charge is -2.16. The molecule has 0 fully saturated rings. The number of aliphatic hydroxyl groups is 1. The van der Waals surface area contributed by atoms with E-state index in [4.69, 9.17) is 5.11 Å². The lowest BCUT2D eigenvalue weighted by molar-refractivity contribution is -0.182. The maximum atomic E-state index is 13.0. The van der Waals surface area contributed by atoms with Crippen molar-refractivity contribution < 1.29 is 23.4 Å². The fourth-order valence-electron chi connectivity index (χ4n) is 0.723. The Kier molecular flexibility index (Phi) is 5.87. The molecule has 15 heavy (non-hydrogen) atoms. The van der Waals surface area contributed by atoms with E-state index < -0.39 is 18.0 Å². The Hall–Kier alpha value is -1.15. The standard InChI is InChI=1S/C10H14F2O3/c1-3-5-6-7-8(13)10(11,12)9(14)15-4-2/h8,13H,3-5H2,1-2H3. The molecule has 0 aromatic rings. The van der Waals surface area contributed by atoms with Crippen LogP contribution in [0.15, 0.2) is 0 Å². The van der Waals surface area contributed by atoms with Crippen molar-refractivity contribution in [2.24, 2.45) is 0 Å². The summed E-state index contributed by atoms with van der Waals surface area (Å²) in [6.45, 7) is 3.07. The maximum absolute atomic E-state index is 13.0. The highest BCUT2D eigenvalue weighted by atomic mass is 19.3. The molecule has 0 aliphatic heterocycles. The lowest BCUT2D eigenvalue weighted by atomic mass is 10.2. The summed E-state index contributed by atoms with van der Waals surface area (Å²) in [7, 11) is 0. The molecular weight excluding hydrogens is 206 g/mol. The zero-order valence-electron chi connectivity index (χ0n) is 8.72. The molecular formula is C10H14F2O3. The van der Waals surface area contributed by atoms with E-state index in [0.717, 1.165) is 0 Å². The monoisotopic (exact) mass is 220 g/mol. The Balaban J connectivity index is 4.45. The van der Waals surface area contributed by atoms with Crippen LogP contribution in [0.4, 0.5) is 8.78 Å². The molecule has 0 saturated heterocycles. The van der Waals surface area contributed by atoms with Crippen molar-refractivity contribution in [1.29, 1.82) is 0 Å². The summed E-state index contributed by atoms with van der Waals surface area (Å²) >= 11 is 0. The molecule has 1 unspecified atom stereocenters. The quantitative estimate of drug-likeness (QED) is 0.574. The first-order chi connectivity index (χ1) is 6.96. The normalized spacial score (nSPS) is 12.6. The van der Waals surface area contributed by atoms with Gasteiger partial charge in [-0.2, -0.15) is 8.78 Å². The Bertz CT molecular complexity index is 266. The van der Waals surface area contributed by atoms with Gasteiger partial charge in [-0.3, -0.25) is 0 Å². The van der Waals surface area contributed by atoms with Crippen LogP contribution in [-0.4, -0.2) is 29.7 Å². The fourth-order valence-corrected chi connectivity index (χ4v) is 0.723. The molecule has 0 radical (unpaired) electrons. The SMILES string of the molecule is CCCC#CC(O)C(F)(F)C(=O)OCC. The summed E-state index contributed by atoms with van der Waals surface area (Å²) in [5, 5.41) is 8.98. The Morgan fingerprint density at radius 2 is 2.13 bits per heavy atom. The van der Waals surface area contributed by atoms with E-state index in [1.165, 1.54) is 6.92 Å². The maximum Gasteiger partial charge on any atom is 0.381 e. The van der Waals surface area contributed by atoms with Gasteiger partial charge in [0.05, 0.1) is 6.61 Å². The number of halogens is 2. The third kappa shape index (κ3) is 4.26. The second-order valence-electron chi connectivity index (χ2n) is 2.82. The summed E-state index contributed by atoms with van der Waals surface area (Å²) < 4.78 is 30.1. The van der Waals surface area contributed by atoms with Gasteiger partial charge in [-0.05, 0) is 13.3 Å². The van der Waals surface area contributed by atoms with Crippen molar-refractivity contribution in [3.8, 4) is 11.8 Å². The van der Waals surface area contributed by atoms with Gasteiger partial charge in [-0.25, -0.2) is 4.79 Å². The van der Waals surface area contributed by atoms with Gasteiger partial charge in [0.15, 0.2) is 6.10 Å². The van der Waals surface area contributed by atoms with E-state index in [1.807, 2.05) is 12.8 Å². The van der Waals surface area contributed by atoms with Crippen molar-refractivity contribution in [1.82, 2.24) is 0 Å². The Morgan fingerprint density at radius 3 is 2.60 bits per heavy atom. The first-order valence-corrected chi connectivity index (χ1v) is 4.68. The third-order valence-corrected chi connectivity index (χ3v) is 1.50. The summed E-state index contributed by atoms with van der Waals surface area (Å²) in [6.07, 6.45) is -1.20. The summed E-state index contributed by atoms with van der Waals surface area (Å²) in [5.74, 6) is -1.44. The fraction of sp³-hybridized carbons (Fsp3) is 0.700. The second-order valence-corrected chi connectivity index (χ2v) is 2.82. The van der Waals surface area contributed by atoms with Gasteiger partial charge < -0.3 is 9.84 Å². The number of hydrogen-bond donors (Lipinski definition) is 1. The van der Waals surface area contributed by atoms with Crippen molar-refractivity contribution in [2.75, 3.05) is 6.61 Å². The van der Waals surface area contributed by atoms with Crippen LogP contribution in [0.1, 0.15) is 26.7 Å². The summed E-state index contributed by atoms with van der Waals surface area (Å²) in [6, 6.07) is 0. The van der Waals surface area contributed by atoms with Gasteiger partial charge in [-0.1, -0.05) is 12.8 Å². The molecule has 0 rings (SSSR count). The first-order valence-electron chi connectivity index (χ1n) is 4.68. The van der Waals surface area contributed by atoms with E-state index in [0.29, 0.717) is 12.8 Å². The molecule has 0 spiro atoms. The second kappa shape index (κ2) is 6.36. The zero-order valence-corrected chi connectivity index (χ0v) is 8.72. The van der Waals surface area contributed by atoms with Crippen LogP contribution in [0.2, 0.25) is 0 Å². The molecule has 0 aliphatic rings. The highest BCUT2D eigenvalue weighted by molar-refractivity contribution is 5.79. The number of ether oxygens (including phenoxy) is 1. The summed E-state index contributed by atoms with van der Waals surface area (Å²) in [5.41, 5.74) is 0. The van der Waals surface area contributed by atoms with E-state index in [-0.39, 0.29) is 6.61 Å². The Morgan fingerprint density at radius 1 is 1.53 bits per heavy atom. The number of hydrogen-bond acceptors (Lipinski definition) is 3. The predicted molar refractivity (Wildman–Crippen MR) is 50.3 cm³/mol. The largest absolute Gasteiger partial charge is 0.461 e. The minimum atomic E-state index is -3.96. The topological polar surface area (TPSA) is 46.5 Å². The number of alkyl halides is 2. The van der Waals surface area contributed by atoms with E-state index >= 15 is 0 Å². The van der Waals surface area contributed by atoms with Crippen LogP contribution in [0.3, 0.4) is 0 Å². The Labute approximate surface area is 87.4 Å². The molecule has 1 atom stereocenters. The zero-order chi connectivity index (χ0) is 11.9. The minimum Gasteiger partial charge on any atom is -0.461 e. The van der Waals surface area contributed by atoms with Crippen molar-refractivity contribution in [3.05, 3.63) is 0 Å². The molecule has 3 nitrogen and oxygen atoms in total. The van der Waals surface area contributed by atoms with Crippen LogP contribution in [-0.2, 0) is 9.53 Å². The number of unbranched alkanes of at least 4 members (excludes halogenated alkanes) is 1. The molecule has 0 saturated carbocycles. The van der Waals surface area contributed by atoms with Crippen LogP contribution in [0, 0.1) is 11.8 Å². The molecule has 86 valence electrons. The van der Waals surface area contributed by atoms with E-state index in [1.54, 1.807) is 0 Å². The predicted octanol–water partition coefficient (Wildman–Crippen LogP) is 1.35. The van der Waals surface area contributed by atoms with E-state index in [9.17, 15) is 13.6 Å². The molecule has 0 aromatic heterocycles. The van der Waals surface area contributed by atoms with Gasteiger partial charge >= 0.3 is 11.9 Å². The van der Waals surface area contributed by atoms with E-state index in [2.05, 4.69) is 10.7 Å². The van der Waals surface area contributed by atoms with Crippen molar-refractivity contribution in [2.45, 2.75) is 38.7 Å². The summed E-state index contributed by atoms with van der Waals surface area (Å²) in [4.78, 5) is 10.7. The molecule has 0 aliphatic carbocycles. The number of aliphatic hydroxyl groups excluding tert-OH is 1. The number of rotatable bonds is 4. The lowest BCUT2D eigenvalue weighted by Crippen LogP contribution is -2.42. The number of esters is 1. The van der Waals surface area contributed by atoms with Crippen molar-refractivity contribution in [3.63, 3.8) is 0 Å². The van der Waals surface area contributed by atoms with Gasteiger partial charge in [0.25, 0.3) is 0 Å². The first kappa shape index (κ1) is 13.8. The third-order valence-electron chi connectivity index (χ3n) is 1.50. The number of carbonyl (C=O) groups excluding carboxylic acids is 1. The molecule has 5 heteroatoms. The molecule has 0 heterocycles. The molecule has 0 amide bonds. The van der Waals surface area contributed by atoms with Crippen LogP contribution in [0.25, 0.3) is 0 Å². The van der Waals surface area contributed by atoms with Gasteiger partial charge in [0.2, 0.25) is 0 Å². The number of carbonyl (C=O) groups is 1. The minimum absolute atomic E-state index is 0.163. The molecule has 0 aromatic carbocycles. The average Bonchev–Trinajstić information content (AvgIpc) is 2.18. The van der Waals surface area contributed by atoms with Crippen LogP contribution < -0.4 is 0 Å². The highest BCUT2D eigenvalue weighted by Crippen LogP contribution is 2.20. The average molecular weight is 220 g/mol. The highest BCUT2D eigenvalue weighted by Gasteiger charge is 2.47. The molecule has 1 N–H and O–H groups in total. The van der Waals surface area contributed by atoms with Crippen molar-refractivity contribution >= 4 is 5.97 Å². The van der Waals surface area contributed by atoms with Crippen LogP contribution in [0.5, 0.6) is 0 Å². The smallest absolute Gasteiger partial charge is 0.381 e. The van der Waals surface area contributed by atoms with Gasteiger partial charge in [0.1, 0.15) is 0 Å². The van der Waals surface area contributed by atoms with Crippen LogP contribution >= 0.6 is 0 Å².